The molecule has 2 saturated heterocycles. The number of methoxy groups -OCH3 is 2. The molecule has 0 aliphatic carbocycles. The summed E-state index contributed by atoms with van der Waals surface area (Å²) in [6, 6.07) is 5.07. The SMILES string of the molecule is COc1ccc(C(=O)N2CCCC23CCCN(CCO)C3=O)cc1OC. The maximum atomic E-state index is 13.2. The van der Waals surface area contributed by atoms with Crippen LogP contribution in [0.15, 0.2) is 18.2 Å². The van der Waals surface area contributed by atoms with Crippen LogP contribution in [0.5, 0.6) is 11.5 Å². The molecule has 0 bridgehead atoms. The molecule has 2 aliphatic rings. The number of amides is 2. The summed E-state index contributed by atoms with van der Waals surface area (Å²) in [5.41, 5.74) is -0.298. The molecule has 1 atom stereocenters. The summed E-state index contributed by atoms with van der Waals surface area (Å²) in [6.45, 7) is 1.45. The maximum absolute atomic E-state index is 13.2. The highest BCUT2D eigenvalue weighted by Crippen LogP contribution is 2.39. The Bertz CT molecular complexity index is 691. The van der Waals surface area contributed by atoms with E-state index in [4.69, 9.17) is 9.47 Å². The third-order valence-electron chi connectivity index (χ3n) is 5.44. The summed E-state index contributed by atoms with van der Waals surface area (Å²) >= 11 is 0. The molecular formula is C19H26N2O5. The van der Waals surface area contributed by atoms with Gasteiger partial charge in [-0.25, -0.2) is 0 Å². The highest BCUT2D eigenvalue weighted by Gasteiger charge is 2.52. The first-order chi connectivity index (χ1) is 12.6. The average molecular weight is 362 g/mol. The van der Waals surface area contributed by atoms with Gasteiger partial charge in [0, 0.05) is 25.2 Å². The van der Waals surface area contributed by atoms with Crippen LogP contribution >= 0.6 is 0 Å². The second-order valence-electron chi connectivity index (χ2n) is 6.78. The molecule has 0 radical (unpaired) electrons. The number of nitrogens with zero attached hydrogens (tertiary/aromatic N) is 2. The van der Waals surface area contributed by atoms with Crippen molar-refractivity contribution in [2.24, 2.45) is 0 Å². The van der Waals surface area contributed by atoms with Crippen molar-refractivity contribution in [3.05, 3.63) is 23.8 Å². The van der Waals surface area contributed by atoms with Gasteiger partial charge in [0.05, 0.1) is 20.8 Å². The number of rotatable bonds is 5. The lowest BCUT2D eigenvalue weighted by molar-refractivity contribution is -0.146. The minimum atomic E-state index is -0.780. The molecule has 1 N–H and O–H groups in total. The van der Waals surface area contributed by atoms with E-state index in [9.17, 15) is 14.7 Å². The first-order valence-corrected chi connectivity index (χ1v) is 9.01. The van der Waals surface area contributed by atoms with E-state index in [1.807, 2.05) is 0 Å². The van der Waals surface area contributed by atoms with Gasteiger partial charge in [0.1, 0.15) is 5.54 Å². The molecule has 7 heteroatoms. The first kappa shape index (κ1) is 18.5. The Morgan fingerprint density at radius 3 is 2.50 bits per heavy atom. The van der Waals surface area contributed by atoms with Crippen LogP contribution in [-0.4, -0.2) is 72.7 Å². The number of hydrogen-bond donors (Lipinski definition) is 1. The van der Waals surface area contributed by atoms with E-state index in [-0.39, 0.29) is 18.4 Å². The van der Waals surface area contributed by atoms with E-state index in [2.05, 4.69) is 0 Å². The minimum absolute atomic E-state index is 0.0378. The Kier molecular flexibility index (Phi) is 5.36. The fourth-order valence-electron chi connectivity index (χ4n) is 4.18. The number of aliphatic hydroxyl groups excluding tert-OH is 1. The summed E-state index contributed by atoms with van der Waals surface area (Å²) in [5.74, 6) is 0.846. The number of likely N-dealkylation sites (tertiary alicyclic amines) is 2. The zero-order chi connectivity index (χ0) is 18.7. The largest absolute Gasteiger partial charge is 0.493 e. The molecule has 0 saturated carbocycles. The second kappa shape index (κ2) is 7.53. The van der Waals surface area contributed by atoms with Crippen LogP contribution in [0, 0.1) is 0 Å². The number of β-amino-alcohol motifs (C(OH)–C–C–N with tert-alkyl or cyclic N) is 1. The van der Waals surface area contributed by atoms with E-state index < -0.39 is 5.54 Å². The summed E-state index contributed by atoms with van der Waals surface area (Å²) in [6.07, 6.45) is 2.98. The number of piperidine rings is 1. The maximum Gasteiger partial charge on any atom is 0.254 e. The predicted octanol–water partition coefficient (Wildman–Crippen LogP) is 1.29. The molecule has 2 fully saturated rings. The van der Waals surface area contributed by atoms with E-state index in [0.717, 1.165) is 12.8 Å². The van der Waals surface area contributed by atoms with Crippen molar-refractivity contribution in [3.63, 3.8) is 0 Å². The van der Waals surface area contributed by atoms with Gasteiger partial charge in [-0.15, -0.1) is 0 Å². The van der Waals surface area contributed by atoms with Crippen molar-refractivity contribution < 1.29 is 24.2 Å². The van der Waals surface area contributed by atoms with Crippen LogP contribution in [0.3, 0.4) is 0 Å². The Morgan fingerprint density at radius 1 is 1.15 bits per heavy atom. The molecule has 142 valence electrons. The zero-order valence-electron chi connectivity index (χ0n) is 15.4. The molecule has 1 aromatic carbocycles. The first-order valence-electron chi connectivity index (χ1n) is 9.01. The summed E-state index contributed by atoms with van der Waals surface area (Å²) < 4.78 is 10.5. The molecule has 7 nitrogen and oxygen atoms in total. The van der Waals surface area contributed by atoms with Gasteiger partial charge < -0.3 is 24.4 Å². The van der Waals surface area contributed by atoms with Gasteiger partial charge in [-0.1, -0.05) is 0 Å². The monoisotopic (exact) mass is 362 g/mol. The Balaban J connectivity index is 1.90. The Hall–Kier alpha value is -2.28. The van der Waals surface area contributed by atoms with Gasteiger partial charge in [0.15, 0.2) is 11.5 Å². The van der Waals surface area contributed by atoms with Crippen molar-refractivity contribution in [2.75, 3.05) is 40.5 Å². The molecule has 1 unspecified atom stereocenters. The summed E-state index contributed by atoms with van der Waals surface area (Å²) in [7, 11) is 3.08. The topological polar surface area (TPSA) is 79.3 Å². The smallest absolute Gasteiger partial charge is 0.254 e. The third-order valence-corrected chi connectivity index (χ3v) is 5.44. The highest BCUT2D eigenvalue weighted by atomic mass is 16.5. The molecular weight excluding hydrogens is 336 g/mol. The Labute approximate surface area is 153 Å². The van der Waals surface area contributed by atoms with E-state index in [1.165, 1.54) is 7.11 Å². The van der Waals surface area contributed by atoms with Gasteiger partial charge in [0.2, 0.25) is 5.91 Å². The number of benzene rings is 1. The van der Waals surface area contributed by atoms with Crippen LogP contribution in [0.25, 0.3) is 0 Å². The standard InChI is InChI=1S/C19H26N2O5/c1-25-15-6-5-14(13-16(15)26-2)17(23)21-10-4-8-19(21)7-3-9-20(11-12-22)18(19)24/h5-6,13,22H,3-4,7-12H2,1-2H3. The molecule has 2 amide bonds. The fraction of sp³-hybridized carbons (Fsp3) is 0.579. The minimum Gasteiger partial charge on any atom is -0.493 e. The van der Waals surface area contributed by atoms with Crippen LogP contribution < -0.4 is 9.47 Å². The van der Waals surface area contributed by atoms with Crippen LogP contribution in [-0.2, 0) is 4.79 Å². The van der Waals surface area contributed by atoms with Crippen LogP contribution in [0.1, 0.15) is 36.0 Å². The van der Waals surface area contributed by atoms with Crippen molar-refractivity contribution >= 4 is 11.8 Å². The molecule has 0 aromatic heterocycles. The van der Waals surface area contributed by atoms with Crippen LogP contribution in [0.2, 0.25) is 0 Å². The lowest BCUT2D eigenvalue weighted by atomic mass is 9.85. The normalized spacial score (nSPS) is 22.8. The number of carbonyl (C=O) groups is 2. The number of carbonyl (C=O) groups excluding carboxylic acids is 2. The second-order valence-corrected chi connectivity index (χ2v) is 6.78. The zero-order valence-corrected chi connectivity index (χ0v) is 15.4. The van der Waals surface area contributed by atoms with Gasteiger partial charge in [0.25, 0.3) is 5.91 Å². The van der Waals surface area contributed by atoms with Crippen molar-refractivity contribution in [3.8, 4) is 11.5 Å². The van der Waals surface area contributed by atoms with Crippen molar-refractivity contribution in [2.45, 2.75) is 31.2 Å². The average Bonchev–Trinajstić information content (AvgIpc) is 3.09. The highest BCUT2D eigenvalue weighted by molar-refractivity contribution is 6.00. The van der Waals surface area contributed by atoms with Gasteiger partial charge in [-0.05, 0) is 43.9 Å². The molecule has 26 heavy (non-hydrogen) atoms. The quantitative estimate of drug-likeness (QED) is 0.854. The van der Waals surface area contributed by atoms with Gasteiger partial charge in [-0.2, -0.15) is 0 Å². The summed E-state index contributed by atoms with van der Waals surface area (Å²) in [5, 5.41) is 9.23. The lowest BCUT2D eigenvalue weighted by Crippen LogP contribution is -2.61. The number of ether oxygens (including phenoxy) is 2. The number of aliphatic hydroxyl groups is 1. The molecule has 3 rings (SSSR count). The lowest BCUT2D eigenvalue weighted by Gasteiger charge is -2.44. The van der Waals surface area contributed by atoms with Gasteiger partial charge in [-0.3, -0.25) is 9.59 Å². The van der Waals surface area contributed by atoms with E-state index in [0.29, 0.717) is 49.5 Å². The predicted molar refractivity (Wildman–Crippen MR) is 95.4 cm³/mol. The third kappa shape index (κ3) is 3.00. The fourth-order valence-corrected chi connectivity index (χ4v) is 4.18. The van der Waals surface area contributed by atoms with Crippen molar-refractivity contribution in [1.29, 1.82) is 0 Å². The molecule has 2 heterocycles. The molecule has 1 aromatic rings. The molecule has 2 aliphatic heterocycles. The van der Waals surface area contributed by atoms with Gasteiger partial charge >= 0.3 is 0 Å². The summed E-state index contributed by atoms with van der Waals surface area (Å²) in [4.78, 5) is 29.7. The van der Waals surface area contributed by atoms with Crippen molar-refractivity contribution in [1.82, 2.24) is 9.80 Å². The Morgan fingerprint density at radius 2 is 1.85 bits per heavy atom. The molecule has 1 spiro atoms. The number of hydrogen-bond acceptors (Lipinski definition) is 5. The van der Waals surface area contributed by atoms with Crippen LogP contribution in [0.4, 0.5) is 0 Å². The van der Waals surface area contributed by atoms with E-state index >= 15 is 0 Å². The van der Waals surface area contributed by atoms with E-state index in [1.54, 1.807) is 35.1 Å².